The molecule has 0 bridgehead atoms. The molecular formula is C61H42NOP. The highest BCUT2D eigenvalue weighted by atomic mass is 31.2. The van der Waals surface area contributed by atoms with Crippen LogP contribution < -0.4 is 15.9 Å². The Morgan fingerprint density at radius 2 is 0.812 bits per heavy atom. The van der Waals surface area contributed by atoms with Crippen molar-refractivity contribution < 1.29 is 4.57 Å². The summed E-state index contributed by atoms with van der Waals surface area (Å²) < 4.78 is 17.9. The quantitative estimate of drug-likeness (QED) is 0.140. The maximum atomic E-state index is 15.5. The van der Waals surface area contributed by atoms with E-state index in [0.717, 1.165) is 49.4 Å². The molecule has 1 heterocycles. The van der Waals surface area contributed by atoms with Crippen LogP contribution in [-0.4, -0.2) is 4.57 Å². The summed E-state index contributed by atoms with van der Waals surface area (Å²) in [6.45, 7) is 0. The second kappa shape index (κ2) is 15.2. The van der Waals surface area contributed by atoms with Crippen LogP contribution in [0.1, 0.15) is 22.3 Å². The molecule has 0 saturated carbocycles. The lowest BCUT2D eigenvalue weighted by molar-refractivity contribution is 0.592. The van der Waals surface area contributed by atoms with Crippen LogP contribution in [0.4, 0.5) is 0 Å². The topological polar surface area (TPSA) is 22.0 Å². The van der Waals surface area contributed by atoms with Crippen molar-refractivity contribution in [3.05, 3.63) is 277 Å². The van der Waals surface area contributed by atoms with Crippen molar-refractivity contribution in [2.45, 2.75) is 5.41 Å². The van der Waals surface area contributed by atoms with Gasteiger partial charge < -0.3 is 9.13 Å². The van der Waals surface area contributed by atoms with E-state index in [0.29, 0.717) is 0 Å². The fraction of sp³-hybridized carbons (Fsp3) is 0.0164. The molecule has 1 aliphatic rings. The minimum Gasteiger partial charge on any atom is -0.309 e. The summed E-state index contributed by atoms with van der Waals surface area (Å²) in [5.74, 6) is 0. The Hall–Kier alpha value is -7.77. The molecule has 0 amide bonds. The zero-order chi connectivity index (χ0) is 42.7. The molecule has 0 spiro atoms. The van der Waals surface area contributed by atoms with Gasteiger partial charge in [-0.1, -0.05) is 212 Å². The van der Waals surface area contributed by atoms with Gasteiger partial charge in [0.1, 0.15) is 0 Å². The van der Waals surface area contributed by atoms with E-state index in [1.807, 2.05) is 60.7 Å². The molecule has 1 aliphatic carbocycles. The molecule has 12 rings (SSSR count). The van der Waals surface area contributed by atoms with Gasteiger partial charge in [0, 0.05) is 32.4 Å². The van der Waals surface area contributed by atoms with Crippen molar-refractivity contribution >= 4 is 44.9 Å². The highest BCUT2D eigenvalue weighted by Gasteiger charge is 2.46. The Morgan fingerprint density at radius 3 is 1.45 bits per heavy atom. The third-order valence-corrected chi connectivity index (χ3v) is 16.5. The first-order valence-corrected chi connectivity index (χ1v) is 23.7. The lowest BCUT2D eigenvalue weighted by Gasteiger charge is -2.34. The monoisotopic (exact) mass is 835 g/mol. The van der Waals surface area contributed by atoms with Crippen LogP contribution in [-0.2, 0) is 9.98 Å². The number of hydrogen-bond acceptors (Lipinski definition) is 1. The summed E-state index contributed by atoms with van der Waals surface area (Å²) in [5.41, 5.74) is 14.8. The van der Waals surface area contributed by atoms with Gasteiger partial charge in [0.2, 0.25) is 0 Å². The van der Waals surface area contributed by atoms with Crippen LogP contribution in [0.25, 0.3) is 60.9 Å². The first-order valence-electron chi connectivity index (χ1n) is 21.9. The fourth-order valence-corrected chi connectivity index (χ4v) is 13.2. The van der Waals surface area contributed by atoms with Gasteiger partial charge >= 0.3 is 0 Å². The Balaban J connectivity index is 1.14. The average molecular weight is 836 g/mol. The number of nitrogens with zero attached hydrogens (tertiary/aromatic N) is 1. The number of rotatable bonds is 8. The van der Waals surface area contributed by atoms with Crippen LogP contribution >= 0.6 is 7.14 Å². The van der Waals surface area contributed by atoms with Gasteiger partial charge in [-0.15, -0.1) is 0 Å². The van der Waals surface area contributed by atoms with E-state index in [4.69, 9.17) is 0 Å². The van der Waals surface area contributed by atoms with Crippen molar-refractivity contribution in [2.75, 3.05) is 0 Å². The third-order valence-electron chi connectivity index (χ3n) is 13.4. The van der Waals surface area contributed by atoms with Gasteiger partial charge in [-0.3, -0.25) is 0 Å². The van der Waals surface area contributed by atoms with Crippen molar-refractivity contribution in [1.29, 1.82) is 0 Å². The number of para-hydroxylation sites is 2. The third kappa shape index (κ3) is 5.77. The molecule has 3 heteroatoms. The van der Waals surface area contributed by atoms with E-state index < -0.39 is 12.6 Å². The van der Waals surface area contributed by atoms with E-state index in [-0.39, 0.29) is 0 Å². The van der Waals surface area contributed by atoms with Crippen molar-refractivity contribution in [3.63, 3.8) is 0 Å². The molecule has 0 N–H and O–H groups in total. The summed E-state index contributed by atoms with van der Waals surface area (Å²) in [4.78, 5) is 0. The molecule has 0 saturated heterocycles. The highest BCUT2D eigenvalue weighted by molar-refractivity contribution is 7.85. The predicted octanol–water partition coefficient (Wildman–Crippen LogP) is 14.1. The van der Waals surface area contributed by atoms with Gasteiger partial charge in [-0.05, 0) is 98.1 Å². The molecule has 10 aromatic carbocycles. The smallest absolute Gasteiger partial charge is 0.171 e. The zero-order valence-corrected chi connectivity index (χ0v) is 35.9. The van der Waals surface area contributed by atoms with Crippen LogP contribution in [0.5, 0.6) is 0 Å². The normalized spacial score (nSPS) is 12.9. The molecule has 0 aliphatic heterocycles. The minimum absolute atomic E-state index is 0.559. The molecule has 0 radical (unpaired) electrons. The van der Waals surface area contributed by atoms with Gasteiger partial charge in [0.05, 0.1) is 16.4 Å². The Bertz CT molecular complexity index is 3460. The first-order chi connectivity index (χ1) is 31.6. The molecule has 0 unspecified atom stereocenters. The van der Waals surface area contributed by atoms with Crippen LogP contribution in [0.15, 0.2) is 255 Å². The maximum absolute atomic E-state index is 15.5. The molecule has 11 aromatic rings. The first kappa shape index (κ1) is 37.9. The minimum atomic E-state index is -3.18. The Labute approximate surface area is 373 Å². The maximum Gasteiger partial charge on any atom is 0.171 e. The molecule has 0 atom stereocenters. The van der Waals surface area contributed by atoms with E-state index >= 15 is 4.57 Å². The summed E-state index contributed by atoms with van der Waals surface area (Å²) >= 11 is 0. The van der Waals surface area contributed by atoms with E-state index in [2.05, 4.69) is 199 Å². The van der Waals surface area contributed by atoms with E-state index in [1.54, 1.807) is 0 Å². The number of aromatic nitrogens is 1. The van der Waals surface area contributed by atoms with Crippen LogP contribution in [0, 0.1) is 0 Å². The molecule has 1 aromatic heterocycles. The summed E-state index contributed by atoms with van der Waals surface area (Å²) in [5, 5.41) is 4.87. The summed E-state index contributed by atoms with van der Waals surface area (Å²) in [7, 11) is -3.18. The Kier molecular flexibility index (Phi) is 9.04. The SMILES string of the molecule is O=P(c1ccccc1)(c1ccccc1)c1ccc(-c2cc3c(cc2-c2ccc4c(c2)c2ccccc2n4-c2ccccc2)C(c2ccccc2)(c2ccccc2)c2ccccc2-3)cc1. The second-order valence-corrected chi connectivity index (χ2v) is 19.5. The predicted molar refractivity (Wildman–Crippen MR) is 268 cm³/mol. The standard InChI is InChI=1S/C61H42NOP/c63-64(48-26-12-4-13-27-48,49-28-14-5-15-29-49)50-37-34-43(35-38-50)53-41-55-51-30-16-18-32-57(51)61(45-20-6-1-7-21-45,46-22-8-2-9-23-46)58(55)42-54(53)44-36-39-60-56(40-44)52-31-17-19-33-59(52)62(60)47-24-10-3-11-25-47/h1-42H. The molecule has 0 fully saturated rings. The largest absolute Gasteiger partial charge is 0.309 e. The van der Waals surface area contributed by atoms with Gasteiger partial charge in [-0.25, -0.2) is 0 Å². The lowest BCUT2D eigenvalue weighted by Crippen LogP contribution is -2.28. The van der Waals surface area contributed by atoms with Gasteiger partial charge in [0.25, 0.3) is 0 Å². The van der Waals surface area contributed by atoms with Crippen LogP contribution in [0.2, 0.25) is 0 Å². The van der Waals surface area contributed by atoms with Crippen LogP contribution in [0.3, 0.4) is 0 Å². The molecule has 302 valence electrons. The van der Waals surface area contributed by atoms with E-state index in [1.165, 1.54) is 49.7 Å². The summed E-state index contributed by atoms with van der Waals surface area (Å²) in [6.07, 6.45) is 0. The highest BCUT2D eigenvalue weighted by Crippen LogP contribution is 2.58. The van der Waals surface area contributed by atoms with Crippen molar-refractivity contribution in [2.24, 2.45) is 0 Å². The number of fused-ring (bicyclic) bond motifs is 6. The average Bonchev–Trinajstić information content (AvgIpc) is 3.87. The number of hydrogen-bond donors (Lipinski definition) is 0. The van der Waals surface area contributed by atoms with E-state index in [9.17, 15) is 0 Å². The van der Waals surface area contributed by atoms with Gasteiger partial charge in [-0.2, -0.15) is 0 Å². The molecular weight excluding hydrogens is 794 g/mol. The Morgan fingerprint density at radius 1 is 0.328 bits per heavy atom. The van der Waals surface area contributed by atoms with Crippen molar-refractivity contribution in [3.8, 4) is 39.1 Å². The molecule has 64 heavy (non-hydrogen) atoms. The fourth-order valence-electron chi connectivity index (χ4n) is 10.5. The zero-order valence-electron chi connectivity index (χ0n) is 35.1. The summed E-state index contributed by atoms with van der Waals surface area (Å²) in [6, 6.07) is 90.7. The number of benzene rings is 10. The second-order valence-electron chi connectivity index (χ2n) is 16.7. The molecule has 2 nitrogen and oxygen atoms in total. The van der Waals surface area contributed by atoms with Gasteiger partial charge in [0.15, 0.2) is 7.14 Å². The lowest BCUT2D eigenvalue weighted by atomic mass is 9.67. The van der Waals surface area contributed by atoms with Crippen molar-refractivity contribution in [1.82, 2.24) is 4.57 Å².